The van der Waals surface area contributed by atoms with Gasteiger partial charge in [-0.3, -0.25) is 0 Å². The van der Waals surface area contributed by atoms with Gasteiger partial charge >= 0.3 is 0 Å². The predicted octanol–water partition coefficient (Wildman–Crippen LogP) is 1.18. The highest BCUT2D eigenvalue weighted by atomic mass is 32.2. The fourth-order valence-electron chi connectivity index (χ4n) is 2.72. The second-order valence-electron chi connectivity index (χ2n) is 5.35. The van der Waals surface area contributed by atoms with Crippen molar-refractivity contribution < 1.29 is 17.9 Å². The summed E-state index contributed by atoms with van der Waals surface area (Å²) < 4.78 is 39.8. The SMILES string of the molecule is COc1ccc(OC)c(S(=O)(=O)N2CCc3ncn(C)c3C2)c1. The summed E-state index contributed by atoms with van der Waals surface area (Å²) in [4.78, 5) is 4.42. The van der Waals surface area contributed by atoms with Gasteiger partial charge in [-0.05, 0) is 12.1 Å². The summed E-state index contributed by atoms with van der Waals surface area (Å²) in [6.07, 6.45) is 2.31. The predicted molar refractivity (Wildman–Crippen MR) is 84.1 cm³/mol. The molecular formula is C15H19N3O4S. The number of hydrogen-bond acceptors (Lipinski definition) is 5. The van der Waals surface area contributed by atoms with Crippen molar-refractivity contribution in [2.45, 2.75) is 17.9 Å². The molecule has 0 aliphatic carbocycles. The van der Waals surface area contributed by atoms with Gasteiger partial charge in [0, 0.05) is 26.1 Å². The number of hydrogen-bond donors (Lipinski definition) is 0. The molecular weight excluding hydrogens is 318 g/mol. The van der Waals surface area contributed by atoms with E-state index in [-0.39, 0.29) is 4.90 Å². The molecule has 1 aliphatic heterocycles. The van der Waals surface area contributed by atoms with Crippen molar-refractivity contribution in [1.29, 1.82) is 0 Å². The van der Waals surface area contributed by atoms with Crippen LogP contribution in [0.25, 0.3) is 0 Å². The van der Waals surface area contributed by atoms with Crippen LogP contribution in [0.1, 0.15) is 11.4 Å². The van der Waals surface area contributed by atoms with Gasteiger partial charge in [-0.25, -0.2) is 13.4 Å². The molecule has 124 valence electrons. The highest BCUT2D eigenvalue weighted by molar-refractivity contribution is 7.89. The van der Waals surface area contributed by atoms with Crippen LogP contribution in [-0.2, 0) is 30.0 Å². The zero-order valence-corrected chi connectivity index (χ0v) is 14.1. The van der Waals surface area contributed by atoms with E-state index in [1.165, 1.54) is 24.6 Å². The number of ether oxygens (including phenoxy) is 2. The Labute approximate surface area is 135 Å². The molecule has 1 aromatic heterocycles. The van der Waals surface area contributed by atoms with E-state index >= 15 is 0 Å². The molecule has 0 fully saturated rings. The van der Waals surface area contributed by atoms with E-state index in [4.69, 9.17) is 9.47 Å². The number of aryl methyl sites for hydroxylation is 1. The van der Waals surface area contributed by atoms with Gasteiger partial charge in [0.2, 0.25) is 10.0 Å². The summed E-state index contributed by atoms with van der Waals surface area (Å²) in [6, 6.07) is 4.77. The highest BCUT2D eigenvalue weighted by Crippen LogP contribution is 2.32. The Hall–Kier alpha value is -2.06. The standard InChI is InChI=1S/C15H19N3O4S/c1-17-10-16-12-6-7-18(9-13(12)17)23(19,20)15-8-11(21-2)4-5-14(15)22-3/h4-5,8,10H,6-7,9H2,1-3H3. The molecule has 3 rings (SSSR count). The van der Waals surface area contributed by atoms with Crippen molar-refractivity contribution in [2.24, 2.45) is 7.05 Å². The van der Waals surface area contributed by atoms with E-state index < -0.39 is 10.0 Å². The van der Waals surface area contributed by atoms with Crippen LogP contribution in [0.3, 0.4) is 0 Å². The molecule has 0 N–H and O–H groups in total. The Kier molecular flexibility index (Phi) is 4.03. The summed E-state index contributed by atoms with van der Waals surface area (Å²) in [7, 11) is 1.14. The molecule has 0 unspecified atom stereocenters. The quantitative estimate of drug-likeness (QED) is 0.838. The van der Waals surface area contributed by atoms with Crippen LogP contribution in [0.4, 0.5) is 0 Å². The number of benzene rings is 1. The van der Waals surface area contributed by atoms with Gasteiger partial charge in [0.05, 0.1) is 38.5 Å². The normalized spacial score (nSPS) is 15.3. The monoisotopic (exact) mass is 337 g/mol. The Morgan fingerprint density at radius 1 is 1.22 bits per heavy atom. The minimum Gasteiger partial charge on any atom is -0.497 e. The van der Waals surface area contributed by atoms with Crippen LogP contribution >= 0.6 is 0 Å². The molecule has 23 heavy (non-hydrogen) atoms. The molecule has 0 spiro atoms. The van der Waals surface area contributed by atoms with Crippen LogP contribution in [0.5, 0.6) is 11.5 Å². The second-order valence-corrected chi connectivity index (χ2v) is 7.26. The van der Waals surface area contributed by atoms with E-state index in [0.717, 1.165) is 11.4 Å². The number of aromatic nitrogens is 2. The largest absolute Gasteiger partial charge is 0.497 e. The molecule has 0 amide bonds. The third kappa shape index (κ3) is 2.68. The summed E-state index contributed by atoms with van der Waals surface area (Å²) in [6.45, 7) is 0.696. The lowest BCUT2D eigenvalue weighted by atomic mass is 10.2. The number of nitrogens with zero attached hydrogens (tertiary/aromatic N) is 3. The number of methoxy groups -OCH3 is 2. The van der Waals surface area contributed by atoms with Crippen molar-refractivity contribution in [3.8, 4) is 11.5 Å². The molecule has 2 heterocycles. The number of fused-ring (bicyclic) bond motifs is 1. The van der Waals surface area contributed by atoms with E-state index in [1.54, 1.807) is 18.5 Å². The first kappa shape index (κ1) is 15.8. The number of imidazole rings is 1. The molecule has 1 aromatic carbocycles. The lowest BCUT2D eigenvalue weighted by molar-refractivity contribution is 0.367. The van der Waals surface area contributed by atoms with Gasteiger partial charge in [0.15, 0.2) is 0 Å². The molecule has 8 heteroatoms. The first-order valence-corrected chi connectivity index (χ1v) is 8.62. The maximum absolute atomic E-state index is 13.0. The van der Waals surface area contributed by atoms with Gasteiger partial charge in [0.25, 0.3) is 0 Å². The average Bonchev–Trinajstić information content (AvgIpc) is 2.95. The smallest absolute Gasteiger partial charge is 0.247 e. The number of sulfonamides is 1. The van der Waals surface area contributed by atoms with Gasteiger partial charge in [0.1, 0.15) is 16.4 Å². The van der Waals surface area contributed by atoms with Crippen molar-refractivity contribution in [1.82, 2.24) is 13.9 Å². The van der Waals surface area contributed by atoms with E-state index in [0.29, 0.717) is 31.0 Å². The molecule has 1 aliphatic rings. The zero-order valence-electron chi connectivity index (χ0n) is 13.3. The second kappa shape index (κ2) is 5.86. The zero-order chi connectivity index (χ0) is 16.6. The fraction of sp³-hybridized carbons (Fsp3) is 0.400. The molecule has 0 saturated carbocycles. The molecule has 0 atom stereocenters. The van der Waals surface area contributed by atoms with Crippen molar-refractivity contribution in [3.63, 3.8) is 0 Å². The van der Waals surface area contributed by atoms with Crippen molar-refractivity contribution in [2.75, 3.05) is 20.8 Å². The molecule has 0 saturated heterocycles. The van der Waals surface area contributed by atoms with Gasteiger partial charge in [-0.15, -0.1) is 0 Å². The van der Waals surface area contributed by atoms with E-state index in [1.807, 2.05) is 11.6 Å². The topological polar surface area (TPSA) is 73.7 Å². The summed E-state index contributed by atoms with van der Waals surface area (Å²) in [5.74, 6) is 0.782. The van der Waals surface area contributed by atoms with Gasteiger partial charge in [-0.2, -0.15) is 4.31 Å². The Bertz CT molecular complexity index is 829. The minimum absolute atomic E-state index is 0.116. The first-order valence-electron chi connectivity index (χ1n) is 7.18. The Morgan fingerprint density at radius 2 is 2.00 bits per heavy atom. The molecule has 2 aromatic rings. The number of rotatable bonds is 4. The van der Waals surface area contributed by atoms with Crippen LogP contribution in [0, 0.1) is 0 Å². The Balaban J connectivity index is 2.01. The third-order valence-electron chi connectivity index (χ3n) is 4.06. The molecule has 0 radical (unpaired) electrons. The highest BCUT2D eigenvalue weighted by Gasteiger charge is 2.32. The summed E-state index contributed by atoms with van der Waals surface area (Å²) in [5, 5.41) is 0. The third-order valence-corrected chi connectivity index (χ3v) is 5.92. The summed E-state index contributed by atoms with van der Waals surface area (Å²) in [5.41, 5.74) is 1.87. The van der Waals surface area contributed by atoms with Crippen LogP contribution < -0.4 is 9.47 Å². The van der Waals surface area contributed by atoms with Crippen LogP contribution in [0.2, 0.25) is 0 Å². The average molecular weight is 337 g/mol. The first-order chi connectivity index (χ1) is 11.0. The van der Waals surface area contributed by atoms with Crippen LogP contribution in [0.15, 0.2) is 29.4 Å². The lowest BCUT2D eigenvalue weighted by Crippen LogP contribution is -2.36. The molecule has 7 nitrogen and oxygen atoms in total. The van der Waals surface area contributed by atoms with Gasteiger partial charge < -0.3 is 14.0 Å². The van der Waals surface area contributed by atoms with Crippen molar-refractivity contribution >= 4 is 10.0 Å². The van der Waals surface area contributed by atoms with E-state index in [9.17, 15) is 8.42 Å². The van der Waals surface area contributed by atoms with Gasteiger partial charge in [-0.1, -0.05) is 0 Å². The lowest BCUT2D eigenvalue weighted by Gasteiger charge is -2.27. The van der Waals surface area contributed by atoms with E-state index in [2.05, 4.69) is 4.98 Å². The maximum Gasteiger partial charge on any atom is 0.247 e. The maximum atomic E-state index is 13.0. The fourth-order valence-corrected chi connectivity index (χ4v) is 4.29. The minimum atomic E-state index is -3.69. The Morgan fingerprint density at radius 3 is 2.70 bits per heavy atom. The van der Waals surface area contributed by atoms with Crippen molar-refractivity contribution in [3.05, 3.63) is 35.9 Å². The van der Waals surface area contributed by atoms with Crippen LogP contribution in [-0.4, -0.2) is 43.0 Å². The molecule has 0 bridgehead atoms. The summed E-state index contributed by atoms with van der Waals surface area (Å²) >= 11 is 0.